The molecule has 1 fully saturated rings. The van der Waals surface area contributed by atoms with Crippen LogP contribution in [0, 0.1) is 5.92 Å². The summed E-state index contributed by atoms with van der Waals surface area (Å²) in [6.45, 7) is 2.50. The fourth-order valence-corrected chi connectivity index (χ4v) is 4.65. The molecule has 1 saturated heterocycles. The van der Waals surface area contributed by atoms with Crippen molar-refractivity contribution >= 4 is 44.3 Å². The zero-order valence-corrected chi connectivity index (χ0v) is 16.7. The van der Waals surface area contributed by atoms with Crippen LogP contribution >= 0.6 is 22.9 Å². The molecule has 7 nitrogen and oxygen atoms in total. The summed E-state index contributed by atoms with van der Waals surface area (Å²) >= 11 is 7.75. The van der Waals surface area contributed by atoms with Crippen molar-refractivity contribution in [1.29, 1.82) is 0 Å². The third kappa shape index (κ3) is 4.56. The van der Waals surface area contributed by atoms with Gasteiger partial charge in [-0.1, -0.05) is 22.9 Å². The molecular formula is C19H20ClN3O4S. The zero-order chi connectivity index (χ0) is 19.5. The Bertz CT molecular complexity index is 965. The Morgan fingerprint density at radius 2 is 2.18 bits per heavy atom. The Labute approximate surface area is 170 Å². The van der Waals surface area contributed by atoms with Gasteiger partial charge >= 0.3 is 5.97 Å². The number of anilines is 1. The number of rotatable bonds is 7. The van der Waals surface area contributed by atoms with E-state index in [-0.39, 0.29) is 6.42 Å². The lowest BCUT2D eigenvalue weighted by Crippen LogP contribution is -2.34. The highest BCUT2D eigenvalue weighted by atomic mass is 35.5. The third-order valence-corrected chi connectivity index (χ3v) is 6.18. The quantitative estimate of drug-likeness (QED) is 0.609. The van der Waals surface area contributed by atoms with Gasteiger partial charge in [0.15, 0.2) is 10.9 Å². The predicted octanol–water partition coefficient (Wildman–Crippen LogP) is 4.25. The second kappa shape index (κ2) is 8.36. The first kappa shape index (κ1) is 19.0. The van der Waals surface area contributed by atoms with Crippen LogP contribution in [0.15, 0.2) is 28.8 Å². The number of carboxylic acid groups (broad SMARTS) is 1. The molecule has 1 aliphatic rings. The van der Waals surface area contributed by atoms with Gasteiger partial charge in [-0.15, -0.1) is 0 Å². The maximum atomic E-state index is 10.7. The Kier molecular flexibility index (Phi) is 5.68. The van der Waals surface area contributed by atoms with E-state index in [2.05, 4.69) is 10.1 Å². The molecule has 1 N–H and O–H groups in total. The average Bonchev–Trinajstić information content (AvgIpc) is 3.28. The number of hydrogen-bond acceptors (Lipinski definition) is 7. The van der Waals surface area contributed by atoms with Crippen LogP contribution in [0.25, 0.3) is 10.2 Å². The Hall–Kier alpha value is -2.32. The third-order valence-electron chi connectivity index (χ3n) is 4.86. The summed E-state index contributed by atoms with van der Waals surface area (Å²) in [5, 5.41) is 14.3. The molecule has 0 amide bonds. The average molecular weight is 422 g/mol. The number of aromatic nitrogens is 2. The van der Waals surface area contributed by atoms with Crippen molar-refractivity contribution in [3.8, 4) is 5.88 Å². The SMILES string of the molecule is O=C(O)Cc1cc(OCCC2CCN(c3nc4ccc(Cl)cc4s3)CC2)no1. The number of hydrogen-bond donors (Lipinski definition) is 1. The lowest BCUT2D eigenvalue weighted by molar-refractivity contribution is -0.136. The summed E-state index contributed by atoms with van der Waals surface area (Å²) in [7, 11) is 0. The summed E-state index contributed by atoms with van der Waals surface area (Å²) in [6.07, 6.45) is 2.92. The van der Waals surface area contributed by atoms with Gasteiger partial charge in [0, 0.05) is 24.2 Å². The van der Waals surface area contributed by atoms with Gasteiger partial charge in [-0.25, -0.2) is 4.98 Å². The molecule has 0 atom stereocenters. The fourth-order valence-electron chi connectivity index (χ4n) is 3.36. The monoisotopic (exact) mass is 421 g/mol. The summed E-state index contributed by atoms with van der Waals surface area (Å²) < 4.78 is 11.7. The number of piperidine rings is 1. The fraction of sp³-hybridized carbons (Fsp3) is 0.421. The molecular weight excluding hydrogens is 402 g/mol. The van der Waals surface area contributed by atoms with Crippen molar-refractivity contribution in [2.45, 2.75) is 25.7 Å². The number of ether oxygens (including phenoxy) is 1. The van der Waals surface area contributed by atoms with E-state index in [1.807, 2.05) is 18.2 Å². The van der Waals surface area contributed by atoms with E-state index in [9.17, 15) is 4.79 Å². The molecule has 1 aliphatic heterocycles. The Morgan fingerprint density at radius 3 is 2.96 bits per heavy atom. The van der Waals surface area contributed by atoms with Crippen molar-refractivity contribution in [3.05, 3.63) is 35.0 Å². The van der Waals surface area contributed by atoms with Crippen LogP contribution in [0.2, 0.25) is 5.02 Å². The second-order valence-electron chi connectivity index (χ2n) is 6.88. The molecule has 0 radical (unpaired) electrons. The highest BCUT2D eigenvalue weighted by molar-refractivity contribution is 7.22. The van der Waals surface area contributed by atoms with Crippen LogP contribution in [0.3, 0.4) is 0 Å². The lowest BCUT2D eigenvalue weighted by Gasteiger charge is -2.31. The van der Waals surface area contributed by atoms with Crippen LogP contribution in [-0.4, -0.2) is 40.9 Å². The van der Waals surface area contributed by atoms with Crippen LogP contribution in [0.5, 0.6) is 5.88 Å². The summed E-state index contributed by atoms with van der Waals surface area (Å²) in [5.74, 6) is 0.283. The highest BCUT2D eigenvalue weighted by Gasteiger charge is 2.22. The van der Waals surface area contributed by atoms with Gasteiger partial charge < -0.3 is 19.3 Å². The molecule has 0 unspecified atom stereocenters. The number of nitrogens with zero attached hydrogens (tertiary/aromatic N) is 3. The number of benzene rings is 1. The molecule has 0 bridgehead atoms. The molecule has 28 heavy (non-hydrogen) atoms. The van der Waals surface area contributed by atoms with Gasteiger partial charge in [-0.2, -0.15) is 0 Å². The van der Waals surface area contributed by atoms with Crippen molar-refractivity contribution in [1.82, 2.24) is 10.1 Å². The van der Waals surface area contributed by atoms with E-state index >= 15 is 0 Å². The molecule has 148 valence electrons. The van der Waals surface area contributed by atoms with Gasteiger partial charge in [0.2, 0.25) is 0 Å². The topological polar surface area (TPSA) is 88.7 Å². The smallest absolute Gasteiger partial charge is 0.311 e. The number of aliphatic carboxylic acids is 1. The van der Waals surface area contributed by atoms with E-state index in [1.165, 1.54) is 6.07 Å². The van der Waals surface area contributed by atoms with Gasteiger partial charge in [-0.3, -0.25) is 4.79 Å². The van der Waals surface area contributed by atoms with Gasteiger partial charge in [0.1, 0.15) is 6.42 Å². The summed E-state index contributed by atoms with van der Waals surface area (Å²) in [6, 6.07) is 7.34. The molecule has 4 rings (SSSR count). The molecule has 2 aromatic heterocycles. The largest absolute Gasteiger partial charge is 0.481 e. The van der Waals surface area contributed by atoms with E-state index in [0.717, 1.165) is 52.7 Å². The molecule has 0 saturated carbocycles. The first-order valence-electron chi connectivity index (χ1n) is 9.18. The molecule has 0 spiro atoms. The zero-order valence-electron chi connectivity index (χ0n) is 15.1. The maximum Gasteiger partial charge on any atom is 0.311 e. The van der Waals surface area contributed by atoms with Gasteiger partial charge in [0.25, 0.3) is 5.88 Å². The molecule has 9 heteroatoms. The maximum absolute atomic E-state index is 10.7. The van der Waals surface area contributed by atoms with Crippen LogP contribution < -0.4 is 9.64 Å². The molecule has 1 aromatic carbocycles. The minimum absolute atomic E-state index is 0.188. The van der Waals surface area contributed by atoms with Gasteiger partial charge in [-0.05, 0) is 48.5 Å². The van der Waals surface area contributed by atoms with Crippen LogP contribution in [0.1, 0.15) is 25.0 Å². The number of thiazole rings is 1. The standard InChI is InChI=1S/C19H20ClN3O4S/c20-13-1-2-15-16(9-13)28-19(21-15)23-6-3-12(4-7-23)5-8-26-17-10-14(27-22-17)11-18(24)25/h1-2,9-10,12H,3-8,11H2,(H,24,25). The van der Waals surface area contributed by atoms with Crippen LogP contribution in [0.4, 0.5) is 5.13 Å². The van der Waals surface area contributed by atoms with E-state index < -0.39 is 5.97 Å². The second-order valence-corrected chi connectivity index (χ2v) is 8.32. The van der Waals surface area contributed by atoms with Crippen molar-refractivity contribution in [2.24, 2.45) is 5.92 Å². The van der Waals surface area contributed by atoms with E-state index in [1.54, 1.807) is 11.3 Å². The van der Waals surface area contributed by atoms with Gasteiger partial charge in [0.05, 0.1) is 16.8 Å². The first-order chi connectivity index (χ1) is 13.6. The Morgan fingerprint density at radius 1 is 1.36 bits per heavy atom. The number of halogens is 1. The predicted molar refractivity (Wildman–Crippen MR) is 108 cm³/mol. The van der Waals surface area contributed by atoms with Crippen molar-refractivity contribution < 1.29 is 19.2 Å². The number of carboxylic acids is 1. The van der Waals surface area contributed by atoms with Crippen molar-refractivity contribution in [3.63, 3.8) is 0 Å². The molecule has 3 heterocycles. The lowest BCUT2D eigenvalue weighted by atomic mass is 9.94. The molecule has 3 aromatic rings. The van der Waals surface area contributed by atoms with Crippen molar-refractivity contribution in [2.75, 3.05) is 24.6 Å². The van der Waals surface area contributed by atoms with E-state index in [4.69, 9.17) is 31.0 Å². The number of carbonyl (C=O) groups is 1. The Balaban J connectivity index is 1.23. The number of fused-ring (bicyclic) bond motifs is 1. The first-order valence-corrected chi connectivity index (χ1v) is 10.4. The molecule has 0 aliphatic carbocycles. The minimum Gasteiger partial charge on any atom is -0.481 e. The van der Waals surface area contributed by atoms with Crippen LogP contribution in [-0.2, 0) is 11.2 Å². The summed E-state index contributed by atoms with van der Waals surface area (Å²) in [5.41, 5.74) is 0.995. The van der Waals surface area contributed by atoms with E-state index in [0.29, 0.717) is 24.2 Å². The summed E-state index contributed by atoms with van der Waals surface area (Å²) in [4.78, 5) is 17.7. The normalized spacial score (nSPS) is 15.2. The highest BCUT2D eigenvalue weighted by Crippen LogP contribution is 2.33. The minimum atomic E-state index is -0.953.